The van der Waals surface area contributed by atoms with Gasteiger partial charge in [-0.1, -0.05) is 182 Å². The van der Waals surface area contributed by atoms with Crippen molar-refractivity contribution in [1.29, 1.82) is 0 Å². The molecule has 11 aromatic rings. The standard InChI is InChI=1S/C56H36N4O/c1-4-16-37(17-5-1)49-36-50(38-18-6-2-7-19-38)58-55(57-49)47-29-15-27-45(35-47)43-25-13-23-41(33-43)40-22-12-24-42(32-40)44-26-14-28-46(34-44)53-52-48-30-10-11-31-51(48)61-56(52)60-54(59-53)39-20-8-3-9-21-39/h1-36H. The molecule has 0 radical (unpaired) electrons. The average Bonchev–Trinajstić information content (AvgIpc) is 3.73. The molecule has 0 unspecified atom stereocenters. The molecule has 0 aliphatic heterocycles. The van der Waals surface area contributed by atoms with Crippen molar-refractivity contribution < 1.29 is 4.42 Å². The summed E-state index contributed by atoms with van der Waals surface area (Å²) in [4.78, 5) is 20.2. The monoisotopic (exact) mass is 780 g/mol. The Hall–Kier alpha value is -8.28. The summed E-state index contributed by atoms with van der Waals surface area (Å²) in [7, 11) is 0. The van der Waals surface area contributed by atoms with E-state index in [1.54, 1.807) is 0 Å². The molecular formula is C56H36N4O. The van der Waals surface area contributed by atoms with Crippen molar-refractivity contribution in [3.05, 3.63) is 218 Å². The molecule has 61 heavy (non-hydrogen) atoms. The fourth-order valence-electron chi connectivity index (χ4n) is 8.08. The lowest BCUT2D eigenvalue weighted by atomic mass is 9.94. The summed E-state index contributed by atoms with van der Waals surface area (Å²) in [6.45, 7) is 0. The first-order chi connectivity index (χ1) is 30.2. The van der Waals surface area contributed by atoms with Crippen molar-refractivity contribution in [1.82, 2.24) is 19.9 Å². The van der Waals surface area contributed by atoms with Crippen LogP contribution < -0.4 is 0 Å². The van der Waals surface area contributed by atoms with E-state index in [-0.39, 0.29) is 0 Å². The van der Waals surface area contributed by atoms with Crippen LogP contribution in [0.15, 0.2) is 223 Å². The summed E-state index contributed by atoms with van der Waals surface area (Å²) in [5.74, 6) is 1.32. The third-order valence-electron chi connectivity index (χ3n) is 11.1. The maximum Gasteiger partial charge on any atom is 0.231 e. The van der Waals surface area contributed by atoms with Crippen molar-refractivity contribution in [2.45, 2.75) is 0 Å². The van der Waals surface area contributed by atoms with Crippen LogP contribution in [-0.2, 0) is 0 Å². The summed E-state index contributed by atoms with van der Waals surface area (Å²) in [5.41, 5.74) is 15.7. The lowest BCUT2D eigenvalue weighted by Crippen LogP contribution is -1.96. The van der Waals surface area contributed by atoms with E-state index in [9.17, 15) is 0 Å². The van der Waals surface area contributed by atoms with Crippen LogP contribution in [0.1, 0.15) is 0 Å². The molecule has 0 saturated carbocycles. The first-order valence-corrected chi connectivity index (χ1v) is 20.4. The van der Waals surface area contributed by atoms with E-state index >= 15 is 0 Å². The Balaban J connectivity index is 0.945. The Morgan fingerprint density at radius 2 is 0.672 bits per heavy atom. The predicted molar refractivity (Wildman–Crippen MR) is 248 cm³/mol. The zero-order valence-corrected chi connectivity index (χ0v) is 33.0. The second-order valence-electron chi connectivity index (χ2n) is 15.1. The van der Waals surface area contributed by atoms with Crippen LogP contribution in [0.2, 0.25) is 0 Å². The van der Waals surface area contributed by atoms with Crippen LogP contribution in [0.5, 0.6) is 0 Å². The molecule has 3 aromatic heterocycles. The van der Waals surface area contributed by atoms with Crippen LogP contribution in [0.25, 0.3) is 112 Å². The lowest BCUT2D eigenvalue weighted by molar-refractivity contribution is 0.653. The molecule has 0 spiro atoms. The van der Waals surface area contributed by atoms with Crippen LogP contribution >= 0.6 is 0 Å². The first kappa shape index (κ1) is 35.8. The lowest BCUT2D eigenvalue weighted by Gasteiger charge is -2.12. The van der Waals surface area contributed by atoms with Crippen LogP contribution in [0.3, 0.4) is 0 Å². The van der Waals surface area contributed by atoms with E-state index in [1.807, 2.05) is 84.9 Å². The number of benzene rings is 8. The van der Waals surface area contributed by atoms with Gasteiger partial charge in [-0.15, -0.1) is 0 Å². The number of hydrogen-bond acceptors (Lipinski definition) is 5. The minimum absolute atomic E-state index is 0.577. The molecule has 5 nitrogen and oxygen atoms in total. The highest BCUT2D eigenvalue weighted by atomic mass is 16.3. The fourth-order valence-corrected chi connectivity index (χ4v) is 8.08. The fraction of sp³-hybridized carbons (Fsp3) is 0. The average molecular weight is 781 g/mol. The summed E-state index contributed by atoms with van der Waals surface area (Å²) in [5, 5.41) is 1.91. The van der Waals surface area contributed by atoms with Crippen LogP contribution in [0, 0.1) is 0 Å². The van der Waals surface area contributed by atoms with Gasteiger partial charge in [-0.25, -0.2) is 15.0 Å². The topological polar surface area (TPSA) is 64.7 Å². The number of para-hydroxylation sites is 1. The highest BCUT2D eigenvalue weighted by molar-refractivity contribution is 6.10. The van der Waals surface area contributed by atoms with Gasteiger partial charge < -0.3 is 4.42 Å². The SMILES string of the molecule is c1ccc(-c2cc(-c3ccccc3)nc(-c3cccc(-c4cccc(-c5cccc(-c6cccc(-c7nc(-c8ccccc8)nc8oc9ccccc9c78)c6)c5)c4)c3)n2)cc1. The maximum absolute atomic E-state index is 6.31. The molecule has 0 fully saturated rings. The van der Waals surface area contributed by atoms with Crippen molar-refractivity contribution in [2.24, 2.45) is 0 Å². The van der Waals surface area contributed by atoms with Crippen molar-refractivity contribution in [3.8, 4) is 89.9 Å². The number of rotatable bonds is 8. The Kier molecular flexibility index (Phi) is 9.10. The van der Waals surface area contributed by atoms with E-state index in [0.29, 0.717) is 17.4 Å². The zero-order valence-electron chi connectivity index (χ0n) is 33.0. The Bertz CT molecular complexity index is 3300. The zero-order chi connectivity index (χ0) is 40.5. The van der Waals surface area contributed by atoms with Crippen LogP contribution in [-0.4, -0.2) is 19.9 Å². The predicted octanol–water partition coefficient (Wildman–Crippen LogP) is 14.5. The molecule has 286 valence electrons. The smallest absolute Gasteiger partial charge is 0.231 e. The van der Waals surface area contributed by atoms with Crippen molar-refractivity contribution in [3.63, 3.8) is 0 Å². The number of aromatic nitrogens is 4. The normalized spacial score (nSPS) is 11.3. The molecule has 8 aromatic carbocycles. The molecular weight excluding hydrogens is 745 g/mol. The van der Waals surface area contributed by atoms with Gasteiger partial charge in [0.2, 0.25) is 5.71 Å². The van der Waals surface area contributed by atoms with Gasteiger partial charge in [0.05, 0.1) is 22.5 Å². The highest BCUT2D eigenvalue weighted by Crippen LogP contribution is 2.38. The molecule has 0 aliphatic carbocycles. The van der Waals surface area contributed by atoms with Gasteiger partial charge in [0.15, 0.2) is 11.6 Å². The molecule has 0 amide bonds. The van der Waals surface area contributed by atoms with Crippen molar-refractivity contribution >= 4 is 22.1 Å². The van der Waals surface area contributed by atoms with Gasteiger partial charge in [-0.3, -0.25) is 0 Å². The number of nitrogens with zero attached hydrogens (tertiary/aromatic N) is 4. The third-order valence-corrected chi connectivity index (χ3v) is 11.1. The Morgan fingerprint density at radius 1 is 0.279 bits per heavy atom. The highest BCUT2D eigenvalue weighted by Gasteiger charge is 2.19. The number of hydrogen-bond donors (Lipinski definition) is 0. The molecule has 0 atom stereocenters. The van der Waals surface area contributed by atoms with Crippen molar-refractivity contribution in [2.75, 3.05) is 0 Å². The van der Waals surface area contributed by atoms with Gasteiger partial charge in [-0.05, 0) is 69.8 Å². The quantitative estimate of drug-likeness (QED) is 0.154. The summed E-state index contributed by atoms with van der Waals surface area (Å²) < 4.78 is 6.31. The maximum atomic E-state index is 6.31. The minimum Gasteiger partial charge on any atom is -0.438 e. The van der Waals surface area contributed by atoms with Gasteiger partial charge in [0.1, 0.15) is 5.58 Å². The van der Waals surface area contributed by atoms with E-state index in [0.717, 1.165) is 94.6 Å². The number of furan rings is 1. The Morgan fingerprint density at radius 3 is 1.21 bits per heavy atom. The largest absolute Gasteiger partial charge is 0.438 e. The molecule has 0 saturated heterocycles. The molecule has 5 heteroatoms. The molecule has 3 heterocycles. The van der Waals surface area contributed by atoms with E-state index < -0.39 is 0 Å². The number of fused-ring (bicyclic) bond motifs is 3. The summed E-state index contributed by atoms with van der Waals surface area (Å²) in [6, 6.07) is 75.4. The second kappa shape index (κ2) is 15.5. The minimum atomic E-state index is 0.577. The van der Waals surface area contributed by atoms with Gasteiger partial charge in [0, 0.05) is 33.2 Å². The summed E-state index contributed by atoms with van der Waals surface area (Å²) >= 11 is 0. The first-order valence-electron chi connectivity index (χ1n) is 20.4. The molecule has 11 rings (SSSR count). The molecule has 0 N–H and O–H groups in total. The summed E-state index contributed by atoms with van der Waals surface area (Å²) in [6.07, 6.45) is 0. The van der Waals surface area contributed by atoms with Gasteiger partial charge >= 0.3 is 0 Å². The van der Waals surface area contributed by atoms with E-state index in [4.69, 9.17) is 24.4 Å². The Labute approximate surface area is 353 Å². The molecule has 0 aliphatic rings. The second-order valence-corrected chi connectivity index (χ2v) is 15.1. The van der Waals surface area contributed by atoms with Crippen LogP contribution in [0.4, 0.5) is 0 Å². The van der Waals surface area contributed by atoms with Gasteiger partial charge in [-0.2, -0.15) is 4.98 Å². The van der Waals surface area contributed by atoms with E-state index in [1.165, 1.54) is 0 Å². The van der Waals surface area contributed by atoms with E-state index in [2.05, 4.69) is 133 Å². The molecule has 0 bridgehead atoms. The third kappa shape index (κ3) is 7.04. The van der Waals surface area contributed by atoms with Gasteiger partial charge in [0.25, 0.3) is 0 Å².